The molecule has 1 heterocycles. The Bertz CT molecular complexity index is 615. The molecule has 1 amide bonds. The van der Waals surface area contributed by atoms with Crippen LogP contribution in [0.2, 0.25) is 0 Å². The van der Waals surface area contributed by atoms with Gasteiger partial charge in [0.2, 0.25) is 0 Å². The Kier molecular flexibility index (Phi) is 3.90. The monoisotopic (exact) mass is 294 g/mol. The summed E-state index contributed by atoms with van der Waals surface area (Å²) in [4.78, 5) is 34.7. The number of nitro groups is 1. The lowest BCUT2D eigenvalue weighted by molar-refractivity contribution is -0.385. The maximum atomic E-state index is 12.3. The number of amides is 1. The van der Waals surface area contributed by atoms with Gasteiger partial charge in [-0.2, -0.15) is 0 Å². The normalized spacial score (nSPS) is 21.3. The van der Waals surface area contributed by atoms with Gasteiger partial charge >= 0.3 is 5.97 Å². The van der Waals surface area contributed by atoms with Crippen LogP contribution in [0.25, 0.3) is 0 Å². The van der Waals surface area contributed by atoms with Crippen LogP contribution in [-0.4, -0.2) is 50.6 Å². The number of carboxylic acids is 1. The van der Waals surface area contributed by atoms with Crippen LogP contribution in [0.1, 0.15) is 22.3 Å². The van der Waals surface area contributed by atoms with Crippen LogP contribution in [0.3, 0.4) is 0 Å². The molecule has 1 aliphatic rings. The minimum absolute atomic E-state index is 0.0208. The number of hydrogen-bond donors (Lipinski definition) is 2. The van der Waals surface area contributed by atoms with Crippen molar-refractivity contribution in [1.29, 1.82) is 0 Å². The van der Waals surface area contributed by atoms with Crippen molar-refractivity contribution < 1.29 is 24.7 Å². The van der Waals surface area contributed by atoms with Crippen LogP contribution in [0.4, 0.5) is 5.69 Å². The number of nitro benzene ring substituents is 1. The molecule has 0 aromatic heterocycles. The molecular formula is C13H14N2O6. The van der Waals surface area contributed by atoms with Crippen LogP contribution in [0.15, 0.2) is 18.2 Å². The highest BCUT2D eigenvalue weighted by atomic mass is 16.6. The smallest absolute Gasteiger partial charge is 0.326 e. The number of nitrogens with zero attached hydrogens (tertiary/aromatic N) is 2. The van der Waals surface area contributed by atoms with Gasteiger partial charge in [-0.3, -0.25) is 14.9 Å². The lowest BCUT2D eigenvalue weighted by atomic mass is 10.1. The second kappa shape index (κ2) is 5.49. The number of benzene rings is 1. The third kappa shape index (κ3) is 2.84. The van der Waals surface area contributed by atoms with Crippen LogP contribution in [0.5, 0.6) is 0 Å². The molecule has 1 unspecified atom stereocenters. The number of aliphatic hydroxyl groups is 1. The van der Waals surface area contributed by atoms with Crippen molar-refractivity contribution in [2.45, 2.75) is 25.5 Å². The minimum atomic E-state index is -1.18. The van der Waals surface area contributed by atoms with Crippen molar-refractivity contribution in [3.05, 3.63) is 39.4 Å². The Labute approximate surface area is 119 Å². The molecule has 0 spiro atoms. The van der Waals surface area contributed by atoms with Gasteiger partial charge < -0.3 is 15.1 Å². The van der Waals surface area contributed by atoms with Gasteiger partial charge in [-0.1, -0.05) is 0 Å². The zero-order valence-corrected chi connectivity index (χ0v) is 11.2. The largest absolute Gasteiger partial charge is 0.480 e. The van der Waals surface area contributed by atoms with Gasteiger partial charge in [-0.25, -0.2) is 4.79 Å². The number of aliphatic carboxylic acids is 1. The predicted molar refractivity (Wildman–Crippen MR) is 70.9 cm³/mol. The highest BCUT2D eigenvalue weighted by molar-refractivity contribution is 5.97. The summed E-state index contributed by atoms with van der Waals surface area (Å²) >= 11 is 0. The molecule has 1 aromatic rings. The van der Waals surface area contributed by atoms with Gasteiger partial charge in [0.15, 0.2) is 0 Å². The fraction of sp³-hybridized carbons (Fsp3) is 0.385. The minimum Gasteiger partial charge on any atom is -0.480 e. The van der Waals surface area contributed by atoms with Gasteiger partial charge in [0.1, 0.15) is 6.04 Å². The van der Waals surface area contributed by atoms with E-state index < -0.39 is 28.9 Å². The first kappa shape index (κ1) is 14.9. The maximum Gasteiger partial charge on any atom is 0.326 e. The highest BCUT2D eigenvalue weighted by Crippen LogP contribution is 2.24. The van der Waals surface area contributed by atoms with E-state index in [9.17, 15) is 24.8 Å². The van der Waals surface area contributed by atoms with Crippen LogP contribution >= 0.6 is 0 Å². The van der Waals surface area contributed by atoms with Crippen LogP contribution in [-0.2, 0) is 4.79 Å². The van der Waals surface area contributed by atoms with Crippen molar-refractivity contribution in [3.8, 4) is 0 Å². The number of β-amino-alcohol motifs (C(OH)–C–C–N with tert-alkyl or cyclic N) is 1. The van der Waals surface area contributed by atoms with Crippen molar-refractivity contribution in [2.75, 3.05) is 6.54 Å². The Morgan fingerprint density at radius 1 is 1.43 bits per heavy atom. The van der Waals surface area contributed by atoms with Gasteiger partial charge in [0, 0.05) is 30.2 Å². The fourth-order valence-corrected chi connectivity index (χ4v) is 2.43. The number of likely N-dealkylation sites (tertiary alicyclic amines) is 1. The van der Waals surface area contributed by atoms with E-state index >= 15 is 0 Å². The Morgan fingerprint density at radius 3 is 2.62 bits per heavy atom. The molecule has 0 bridgehead atoms. The van der Waals surface area contributed by atoms with Crippen LogP contribution < -0.4 is 0 Å². The summed E-state index contributed by atoms with van der Waals surface area (Å²) < 4.78 is 0. The third-order valence-electron chi connectivity index (χ3n) is 3.47. The topological polar surface area (TPSA) is 121 Å². The van der Waals surface area contributed by atoms with E-state index in [0.29, 0.717) is 5.56 Å². The lowest BCUT2D eigenvalue weighted by Crippen LogP contribution is -2.40. The van der Waals surface area contributed by atoms with Crippen LogP contribution in [0, 0.1) is 17.0 Å². The van der Waals surface area contributed by atoms with Gasteiger partial charge in [0.25, 0.3) is 11.6 Å². The second-order valence-corrected chi connectivity index (χ2v) is 4.96. The zero-order valence-electron chi connectivity index (χ0n) is 11.2. The van der Waals surface area contributed by atoms with Gasteiger partial charge in [-0.15, -0.1) is 0 Å². The molecule has 21 heavy (non-hydrogen) atoms. The van der Waals surface area contributed by atoms with E-state index in [-0.39, 0.29) is 24.2 Å². The predicted octanol–water partition coefficient (Wildman–Crippen LogP) is 0.563. The Hall–Kier alpha value is -2.48. The summed E-state index contributed by atoms with van der Waals surface area (Å²) in [5.41, 5.74) is 0.374. The lowest BCUT2D eigenvalue weighted by Gasteiger charge is -2.21. The molecule has 112 valence electrons. The van der Waals surface area contributed by atoms with E-state index in [2.05, 4.69) is 0 Å². The van der Waals surface area contributed by atoms with E-state index in [4.69, 9.17) is 5.11 Å². The summed E-state index contributed by atoms with van der Waals surface area (Å²) in [6, 6.07) is 2.77. The van der Waals surface area contributed by atoms with Crippen molar-refractivity contribution in [2.24, 2.45) is 0 Å². The van der Waals surface area contributed by atoms with E-state index in [1.165, 1.54) is 25.1 Å². The standard InChI is InChI=1S/C13H14N2O6/c1-7-4-8(2-3-10(7)15(20)21)12(17)14-6-9(16)5-11(14)13(18)19/h2-4,9,11,16H,5-6H2,1H3,(H,18,19)/t9?,11-/m0/s1. The molecule has 8 heteroatoms. The van der Waals surface area contributed by atoms with Crippen molar-refractivity contribution in [3.63, 3.8) is 0 Å². The van der Waals surface area contributed by atoms with Gasteiger partial charge in [-0.05, 0) is 19.1 Å². The molecule has 0 aliphatic carbocycles. The molecule has 2 rings (SSSR count). The zero-order chi connectivity index (χ0) is 15.7. The number of carbonyl (C=O) groups is 2. The first-order valence-corrected chi connectivity index (χ1v) is 6.28. The first-order valence-electron chi connectivity index (χ1n) is 6.28. The quantitative estimate of drug-likeness (QED) is 0.620. The molecule has 8 nitrogen and oxygen atoms in total. The molecule has 1 aliphatic heterocycles. The average molecular weight is 294 g/mol. The average Bonchev–Trinajstić information content (AvgIpc) is 2.79. The first-order chi connectivity index (χ1) is 9.81. The SMILES string of the molecule is Cc1cc(C(=O)N2CC(O)C[C@H]2C(=O)O)ccc1[N+](=O)[O-]. The molecule has 1 saturated heterocycles. The van der Waals surface area contributed by atoms with E-state index in [1.54, 1.807) is 0 Å². The number of hydrogen-bond acceptors (Lipinski definition) is 5. The fourth-order valence-electron chi connectivity index (χ4n) is 2.43. The number of rotatable bonds is 3. The summed E-state index contributed by atoms with van der Waals surface area (Å²) in [5, 5.41) is 29.4. The molecule has 1 aromatic carbocycles. The molecule has 0 radical (unpaired) electrons. The third-order valence-corrected chi connectivity index (χ3v) is 3.47. The summed E-state index contributed by atoms with van der Waals surface area (Å²) in [6.07, 6.45) is -0.901. The molecule has 0 saturated carbocycles. The van der Waals surface area contributed by atoms with Gasteiger partial charge in [0.05, 0.1) is 11.0 Å². The van der Waals surface area contributed by atoms with Crippen molar-refractivity contribution >= 4 is 17.6 Å². The van der Waals surface area contributed by atoms with E-state index in [0.717, 1.165) is 4.90 Å². The van der Waals surface area contributed by atoms with Crippen molar-refractivity contribution in [1.82, 2.24) is 4.90 Å². The summed E-state index contributed by atoms with van der Waals surface area (Å²) in [5.74, 6) is -1.74. The number of aryl methyl sites for hydroxylation is 1. The summed E-state index contributed by atoms with van der Waals surface area (Å²) in [6.45, 7) is 1.44. The Morgan fingerprint density at radius 2 is 2.10 bits per heavy atom. The van der Waals surface area contributed by atoms with E-state index in [1.807, 2.05) is 0 Å². The molecular weight excluding hydrogens is 280 g/mol. The Balaban J connectivity index is 2.29. The number of carboxylic acid groups (broad SMARTS) is 1. The second-order valence-electron chi connectivity index (χ2n) is 4.96. The summed E-state index contributed by atoms with van der Waals surface area (Å²) in [7, 11) is 0. The maximum absolute atomic E-state index is 12.3. The highest BCUT2D eigenvalue weighted by Gasteiger charge is 2.39. The molecule has 2 N–H and O–H groups in total. The number of carbonyl (C=O) groups excluding carboxylic acids is 1. The molecule has 2 atom stereocenters. The number of aliphatic hydroxyl groups excluding tert-OH is 1. The molecule has 1 fully saturated rings.